The first-order valence-corrected chi connectivity index (χ1v) is 17.4. The van der Waals surface area contributed by atoms with Crippen LogP contribution in [-0.2, 0) is 18.3 Å². The molecule has 9 rings (SSSR count). The third-order valence-electron chi connectivity index (χ3n) is 10.9. The standard InChI is InChI=1S/C46H35N3/c1-4-6-29-11-18-44-38(21-29)39-22-30(7-5-2)12-19-45(39)49(44)33-13-17-37-34-14-8-28(3)20-40(34)46(43(37)25-33)41-23-31(26-47)9-15-35(41)36-16-10-32(27-48)24-42(36)46/h8-25H,4-7H2,1-3H3. The minimum Gasteiger partial charge on any atom is -0.309 e. The first kappa shape index (κ1) is 29.3. The van der Waals surface area contributed by atoms with E-state index in [1.54, 1.807) is 0 Å². The highest BCUT2D eigenvalue weighted by molar-refractivity contribution is 6.10. The van der Waals surface area contributed by atoms with Gasteiger partial charge in [-0.1, -0.05) is 80.8 Å². The molecule has 0 bridgehead atoms. The molecule has 234 valence electrons. The zero-order valence-electron chi connectivity index (χ0n) is 28.1. The van der Waals surface area contributed by atoms with E-state index in [2.05, 4.69) is 135 Å². The molecular formula is C46H35N3. The van der Waals surface area contributed by atoms with Crippen LogP contribution in [0.1, 0.15) is 76.8 Å². The monoisotopic (exact) mass is 629 g/mol. The number of nitriles is 2. The van der Waals surface area contributed by atoms with Gasteiger partial charge in [-0.15, -0.1) is 0 Å². The van der Waals surface area contributed by atoms with Crippen LogP contribution in [0.15, 0.2) is 109 Å². The molecule has 3 heteroatoms. The van der Waals surface area contributed by atoms with Gasteiger partial charge in [0, 0.05) is 16.5 Å². The summed E-state index contributed by atoms with van der Waals surface area (Å²) in [6.07, 6.45) is 4.35. The van der Waals surface area contributed by atoms with Crippen molar-refractivity contribution in [3.05, 3.63) is 159 Å². The summed E-state index contributed by atoms with van der Waals surface area (Å²) in [6.45, 7) is 6.63. The molecule has 0 unspecified atom stereocenters. The predicted octanol–water partition coefficient (Wildman–Crippen LogP) is 11.1. The van der Waals surface area contributed by atoms with Crippen LogP contribution in [0.5, 0.6) is 0 Å². The molecular weight excluding hydrogens is 595 g/mol. The molecule has 0 radical (unpaired) electrons. The summed E-state index contributed by atoms with van der Waals surface area (Å²) < 4.78 is 2.44. The second-order valence-corrected chi connectivity index (χ2v) is 13.8. The van der Waals surface area contributed by atoms with Crippen molar-refractivity contribution in [1.29, 1.82) is 10.5 Å². The highest BCUT2D eigenvalue weighted by Crippen LogP contribution is 2.63. The molecule has 7 aromatic rings. The topological polar surface area (TPSA) is 52.5 Å². The Morgan fingerprint density at radius 2 is 1.00 bits per heavy atom. The van der Waals surface area contributed by atoms with E-state index < -0.39 is 5.41 Å². The lowest BCUT2D eigenvalue weighted by Gasteiger charge is -2.31. The Balaban J connectivity index is 1.39. The van der Waals surface area contributed by atoms with Crippen molar-refractivity contribution < 1.29 is 0 Å². The van der Waals surface area contributed by atoms with Crippen LogP contribution < -0.4 is 0 Å². The Labute approximate surface area is 287 Å². The number of benzene rings is 6. The first-order chi connectivity index (χ1) is 24.0. The van der Waals surface area contributed by atoms with E-state index in [0.717, 1.165) is 53.6 Å². The Hall–Kier alpha value is -5.90. The minimum atomic E-state index is -0.668. The highest BCUT2D eigenvalue weighted by atomic mass is 15.0. The molecule has 2 aliphatic carbocycles. The van der Waals surface area contributed by atoms with Crippen LogP contribution in [0.4, 0.5) is 0 Å². The Kier molecular flexibility index (Phi) is 6.46. The highest BCUT2D eigenvalue weighted by Gasteiger charge is 2.52. The van der Waals surface area contributed by atoms with Crippen molar-refractivity contribution >= 4 is 21.8 Å². The third-order valence-corrected chi connectivity index (χ3v) is 10.9. The number of rotatable bonds is 5. The number of hydrogen-bond donors (Lipinski definition) is 0. The van der Waals surface area contributed by atoms with Crippen molar-refractivity contribution in [2.75, 3.05) is 0 Å². The van der Waals surface area contributed by atoms with E-state index in [4.69, 9.17) is 0 Å². The summed E-state index contributed by atoms with van der Waals surface area (Å²) in [5, 5.41) is 22.8. The molecule has 0 atom stereocenters. The van der Waals surface area contributed by atoms with Gasteiger partial charge in [0.15, 0.2) is 0 Å². The first-order valence-electron chi connectivity index (χ1n) is 17.4. The Morgan fingerprint density at radius 3 is 1.51 bits per heavy atom. The summed E-state index contributed by atoms with van der Waals surface area (Å²) in [5.41, 5.74) is 17.3. The maximum absolute atomic E-state index is 10.1. The second-order valence-electron chi connectivity index (χ2n) is 13.8. The molecule has 0 fully saturated rings. The molecule has 3 nitrogen and oxygen atoms in total. The number of aromatic nitrogens is 1. The van der Waals surface area contributed by atoms with Crippen molar-refractivity contribution in [1.82, 2.24) is 4.57 Å². The molecule has 0 amide bonds. The molecule has 0 N–H and O–H groups in total. The van der Waals surface area contributed by atoms with Crippen LogP contribution in [-0.4, -0.2) is 4.57 Å². The van der Waals surface area contributed by atoms with Crippen molar-refractivity contribution in [3.63, 3.8) is 0 Å². The van der Waals surface area contributed by atoms with Gasteiger partial charge in [-0.2, -0.15) is 10.5 Å². The van der Waals surface area contributed by atoms with E-state index in [0.29, 0.717) is 11.1 Å². The predicted molar refractivity (Wildman–Crippen MR) is 199 cm³/mol. The van der Waals surface area contributed by atoms with E-state index in [1.165, 1.54) is 60.8 Å². The maximum Gasteiger partial charge on any atom is 0.0991 e. The molecule has 6 aromatic carbocycles. The van der Waals surface area contributed by atoms with Crippen LogP contribution >= 0.6 is 0 Å². The average molecular weight is 630 g/mol. The van der Waals surface area contributed by atoms with Crippen LogP contribution in [0, 0.1) is 29.6 Å². The van der Waals surface area contributed by atoms with Gasteiger partial charge in [0.2, 0.25) is 0 Å². The molecule has 1 spiro atoms. The lowest BCUT2D eigenvalue weighted by atomic mass is 9.70. The molecule has 1 heterocycles. The summed E-state index contributed by atoms with van der Waals surface area (Å²) in [5.74, 6) is 0. The fourth-order valence-electron chi connectivity index (χ4n) is 8.89. The van der Waals surface area contributed by atoms with E-state index in [-0.39, 0.29) is 0 Å². The molecule has 0 aliphatic heterocycles. The van der Waals surface area contributed by atoms with E-state index in [9.17, 15) is 10.5 Å². The third kappa shape index (κ3) is 4.00. The van der Waals surface area contributed by atoms with Crippen molar-refractivity contribution in [2.24, 2.45) is 0 Å². The summed E-state index contributed by atoms with van der Waals surface area (Å²) >= 11 is 0. The summed E-state index contributed by atoms with van der Waals surface area (Å²) in [4.78, 5) is 0. The number of nitrogens with zero attached hydrogens (tertiary/aromatic N) is 3. The van der Waals surface area contributed by atoms with Crippen molar-refractivity contribution in [2.45, 2.75) is 51.9 Å². The fraction of sp³-hybridized carbons (Fsp3) is 0.174. The smallest absolute Gasteiger partial charge is 0.0991 e. The van der Waals surface area contributed by atoms with Gasteiger partial charge in [-0.3, -0.25) is 0 Å². The number of fused-ring (bicyclic) bond motifs is 13. The van der Waals surface area contributed by atoms with E-state index in [1.807, 2.05) is 12.1 Å². The molecule has 49 heavy (non-hydrogen) atoms. The summed E-state index contributed by atoms with van der Waals surface area (Å²) in [7, 11) is 0. The molecule has 0 saturated heterocycles. The average Bonchev–Trinajstić information content (AvgIpc) is 3.71. The minimum absolute atomic E-state index is 0.637. The van der Waals surface area contributed by atoms with Gasteiger partial charge in [-0.05, 0) is 136 Å². The van der Waals surface area contributed by atoms with Crippen molar-refractivity contribution in [3.8, 4) is 40.1 Å². The van der Waals surface area contributed by atoms with Gasteiger partial charge < -0.3 is 4.57 Å². The van der Waals surface area contributed by atoms with Gasteiger partial charge in [0.05, 0.1) is 39.7 Å². The molecule has 2 aliphatic rings. The van der Waals surface area contributed by atoms with Crippen LogP contribution in [0.2, 0.25) is 0 Å². The Morgan fingerprint density at radius 1 is 0.531 bits per heavy atom. The lowest BCUT2D eigenvalue weighted by molar-refractivity contribution is 0.790. The normalized spacial score (nSPS) is 13.2. The van der Waals surface area contributed by atoms with Gasteiger partial charge in [0.1, 0.15) is 0 Å². The second kappa shape index (κ2) is 10.8. The number of hydrogen-bond acceptors (Lipinski definition) is 2. The van der Waals surface area contributed by atoms with E-state index >= 15 is 0 Å². The lowest BCUT2D eigenvalue weighted by Crippen LogP contribution is -2.26. The van der Waals surface area contributed by atoms with Gasteiger partial charge in [0.25, 0.3) is 0 Å². The fourth-order valence-corrected chi connectivity index (χ4v) is 8.89. The zero-order chi connectivity index (χ0) is 33.4. The van der Waals surface area contributed by atoms with Crippen LogP contribution in [0.3, 0.4) is 0 Å². The molecule has 0 saturated carbocycles. The zero-order valence-corrected chi connectivity index (χ0v) is 28.1. The quantitative estimate of drug-likeness (QED) is 0.190. The Bertz CT molecular complexity index is 2490. The SMILES string of the molecule is CCCc1ccc2c(c1)c1cc(CCC)ccc1n2-c1ccc2c(c1)C1(c3cc(C)ccc3-2)c2cc(C#N)ccc2-c2ccc(C#N)cc21. The maximum atomic E-state index is 10.1. The number of aryl methyl sites for hydroxylation is 3. The van der Waals surface area contributed by atoms with Gasteiger partial charge >= 0.3 is 0 Å². The summed E-state index contributed by atoms with van der Waals surface area (Å²) in [6, 6.07) is 44.7. The van der Waals surface area contributed by atoms with Crippen LogP contribution in [0.25, 0.3) is 49.7 Å². The van der Waals surface area contributed by atoms with Gasteiger partial charge in [-0.25, -0.2) is 0 Å². The molecule has 1 aromatic heterocycles. The largest absolute Gasteiger partial charge is 0.309 e.